The molecule has 1 heterocycles. The quantitative estimate of drug-likeness (QED) is 0.741. The predicted molar refractivity (Wildman–Crippen MR) is 96.9 cm³/mol. The number of ether oxygens (including phenoxy) is 1. The number of likely N-dealkylation sites (tertiary alicyclic amines) is 1. The molecule has 0 aromatic heterocycles. The van der Waals surface area contributed by atoms with Gasteiger partial charge in [0, 0.05) is 6.54 Å². The molecule has 0 amide bonds. The molecule has 2 aromatic carbocycles. The van der Waals surface area contributed by atoms with Crippen molar-refractivity contribution in [2.24, 2.45) is 0 Å². The minimum atomic E-state index is -0.298. The van der Waals surface area contributed by atoms with Crippen LogP contribution in [0, 0.1) is 5.82 Å². The molecule has 0 atom stereocenters. The van der Waals surface area contributed by atoms with E-state index in [-0.39, 0.29) is 11.8 Å². The van der Waals surface area contributed by atoms with Gasteiger partial charge in [0.15, 0.2) is 0 Å². The second-order valence-electron chi connectivity index (χ2n) is 6.44. The van der Waals surface area contributed by atoms with E-state index in [4.69, 9.17) is 4.74 Å². The molecule has 0 radical (unpaired) electrons. The average Bonchev–Trinajstić information content (AvgIpc) is 2.64. The van der Waals surface area contributed by atoms with Crippen molar-refractivity contribution in [1.29, 1.82) is 0 Å². The first-order chi connectivity index (χ1) is 12.2. The maximum absolute atomic E-state index is 13.3. The van der Waals surface area contributed by atoms with Gasteiger partial charge in [0.2, 0.25) is 0 Å². The number of hydrogen-bond donors (Lipinski definition) is 0. The number of carbonyl (C=O) groups is 1. The first-order valence-corrected chi connectivity index (χ1v) is 8.95. The zero-order chi connectivity index (χ0) is 17.6. The Morgan fingerprint density at radius 2 is 1.80 bits per heavy atom. The molecule has 0 N–H and O–H groups in total. The summed E-state index contributed by atoms with van der Waals surface area (Å²) in [5.41, 5.74) is 3.65. The summed E-state index contributed by atoms with van der Waals surface area (Å²) in [7, 11) is 0. The highest BCUT2D eigenvalue weighted by Crippen LogP contribution is 2.27. The summed E-state index contributed by atoms with van der Waals surface area (Å²) in [6.07, 6.45) is 3.71. The van der Waals surface area contributed by atoms with Crippen LogP contribution in [0.2, 0.25) is 0 Å². The molecule has 3 rings (SSSR count). The van der Waals surface area contributed by atoms with E-state index in [9.17, 15) is 9.18 Å². The number of nitrogens with zero attached hydrogens (tertiary/aromatic N) is 1. The monoisotopic (exact) mass is 341 g/mol. The number of piperidine rings is 1. The van der Waals surface area contributed by atoms with Gasteiger partial charge in [-0.3, -0.25) is 4.90 Å². The van der Waals surface area contributed by atoms with E-state index in [1.54, 1.807) is 25.1 Å². The Morgan fingerprint density at radius 1 is 1.08 bits per heavy atom. The lowest BCUT2D eigenvalue weighted by Crippen LogP contribution is -2.29. The van der Waals surface area contributed by atoms with Crippen LogP contribution in [-0.4, -0.2) is 30.6 Å². The van der Waals surface area contributed by atoms with Crippen LogP contribution in [0.1, 0.15) is 42.1 Å². The molecule has 0 aliphatic carbocycles. The highest BCUT2D eigenvalue weighted by Gasteiger charge is 2.16. The molecule has 0 unspecified atom stereocenters. The van der Waals surface area contributed by atoms with Crippen LogP contribution in [0.15, 0.2) is 42.5 Å². The van der Waals surface area contributed by atoms with Crippen molar-refractivity contribution < 1.29 is 13.9 Å². The summed E-state index contributed by atoms with van der Waals surface area (Å²) < 4.78 is 18.4. The predicted octanol–water partition coefficient (Wildman–Crippen LogP) is 4.66. The van der Waals surface area contributed by atoms with Crippen LogP contribution in [0.3, 0.4) is 0 Å². The number of hydrogen-bond acceptors (Lipinski definition) is 3. The minimum absolute atomic E-state index is 0.246. The van der Waals surface area contributed by atoms with E-state index in [1.807, 2.05) is 12.1 Å². The van der Waals surface area contributed by atoms with Gasteiger partial charge in [0.1, 0.15) is 5.82 Å². The molecule has 1 fully saturated rings. The van der Waals surface area contributed by atoms with Crippen molar-refractivity contribution >= 4 is 5.97 Å². The topological polar surface area (TPSA) is 29.5 Å². The Labute approximate surface area is 148 Å². The van der Waals surface area contributed by atoms with Gasteiger partial charge in [-0.25, -0.2) is 9.18 Å². The summed E-state index contributed by atoms with van der Waals surface area (Å²) in [6.45, 7) is 5.11. The van der Waals surface area contributed by atoms with Crippen LogP contribution in [0.25, 0.3) is 11.1 Å². The Bertz CT molecular complexity index is 721. The molecular weight excluding hydrogens is 317 g/mol. The third-order valence-corrected chi connectivity index (χ3v) is 4.61. The zero-order valence-corrected chi connectivity index (χ0v) is 14.6. The fourth-order valence-electron chi connectivity index (χ4n) is 3.34. The summed E-state index contributed by atoms with van der Waals surface area (Å²) in [5.74, 6) is -0.544. The number of benzene rings is 2. The van der Waals surface area contributed by atoms with Gasteiger partial charge in [-0.2, -0.15) is 0 Å². The van der Waals surface area contributed by atoms with Crippen molar-refractivity contribution in [3.63, 3.8) is 0 Å². The second kappa shape index (κ2) is 8.26. The van der Waals surface area contributed by atoms with Gasteiger partial charge < -0.3 is 4.74 Å². The first kappa shape index (κ1) is 17.6. The first-order valence-electron chi connectivity index (χ1n) is 8.95. The van der Waals surface area contributed by atoms with Crippen molar-refractivity contribution in [3.8, 4) is 11.1 Å². The van der Waals surface area contributed by atoms with E-state index in [0.29, 0.717) is 12.2 Å². The lowest BCUT2D eigenvalue weighted by atomic mass is 9.96. The van der Waals surface area contributed by atoms with E-state index in [0.717, 1.165) is 36.3 Å². The molecule has 1 aliphatic rings. The van der Waals surface area contributed by atoms with Crippen LogP contribution in [0.4, 0.5) is 4.39 Å². The van der Waals surface area contributed by atoms with Crippen LogP contribution < -0.4 is 0 Å². The molecule has 1 aliphatic heterocycles. The third-order valence-electron chi connectivity index (χ3n) is 4.61. The normalized spacial score (nSPS) is 15.1. The summed E-state index contributed by atoms with van der Waals surface area (Å²) in [5, 5.41) is 0. The summed E-state index contributed by atoms with van der Waals surface area (Å²) in [6, 6.07) is 12.2. The van der Waals surface area contributed by atoms with Crippen molar-refractivity contribution in [3.05, 3.63) is 59.4 Å². The van der Waals surface area contributed by atoms with Crippen LogP contribution in [0.5, 0.6) is 0 Å². The van der Waals surface area contributed by atoms with Crippen molar-refractivity contribution in [1.82, 2.24) is 4.90 Å². The molecule has 132 valence electrons. The average molecular weight is 341 g/mol. The van der Waals surface area contributed by atoms with E-state index >= 15 is 0 Å². The molecule has 3 nitrogen and oxygen atoms in total. The largest absolute Gasteiger partial charge is 0.462 e. The van der Waals surface area contributed by atoms with Gasteiger partial charge in [-0.05, 0) is 73.8 Å². The SMILES string of the molecule is CCOC(=O)c1ccc(-c2ccc(F)cc2)c(CN2CCCCC2)c1. The maximum Gasteiger partial charge on any atom is 0.338 e. The van der Waals surface area contributed by atoms with Crippen LogP contribution in [-0.2, 0) is 11.3 Å². The van der Waals surface area contributed by atoms with Crippen molar-refractivity contribution in [2.45, 2.75) is 32.7 Å². The number of carbonyl (C=O) groups excluding carboxylic acids is 1. The highest BCUT2D eigenvalue weighted by atomic mass is 19.1. The second-order valence-corrected chi connectivity index (χ2v) is 6.44. The Hall–Kier alpha value is -2.20. The fraction of sp³-hybridized carbons (Fsp3) is 0.381. The van der Waals surface area contributed by atoms with Gasteiger partial charge in [0.05, 0.1) is 12.2 Å². The standard InChI is InChI=1S/C21H24FNO2/c1-2-25-21(24)17-8-11-20(16-6-9-19(22)10-7-16)18(14-17)15-23-12-4-3-5-13-23/h6-11,14H,2-5,12-13,15H2,1H3. The maximum atomic E-state index is 13.3. The molecular formula is C21H24FNO2. The molecule has 2 aromatic rings. The van der Waals surface area contributed by atoms with Crippen LogP contribution >= 0.6 is 0 Å². The molecule has 4 heteroatoms. The van der Waals surface area contributed by atoms with Gasteiger partial charge in [-0.1, -0.05) is 24.6 Å². The molecule has 0 saturated carbocycles. The third kappa shape index (κ3) is 4.45. The molecule has 0 spiro atoms. The smallest absolute Gasteiger partial charge is 0.338 e. The van der Waals surface area contributed by atoms with E-state index in [1.165, 1.54) is 31.4 Å². The Kier molecular flexibility index (Phi) is 5.82. The van der Waals surface area contributed by atoms with Gasteiger partial charge in [0.25, 0.3) is 0 Å². The van der Waals surface area contributed by atoms with Gasteiger partial charge in [-0.15, -0.1) is 0 Å². The minimum Gasteiger partial charge on any atom is -0.462 e. The number of rotatable bonds is 5. The fourth-order valence-corrected chi connectivity index (χ4v) is 3.34. The number of esters is 1. The highest BCUT2D eigenvalue weighted by molar-refractivity contribution is 5.90. The summed E-state index contributed by atoms with van der Waals surface area (Å²) in [4.78, 5) is 14.5. The van der Waals surface area contributed by atoms with Crippen molar-refractivity contribution in [2.75, 3.05) is 19.7 Å². The Balaban J connectivity index is 1.94. The Morgan fingerprint density at radius 3 is 2.48 bits per heavy atom. The molecule has 1 saturated heterocycles. The molecule has 25 heavy (non-hydrogen) atoms. The zero-order valence-electron chi connectivity index (χ0n) is 14.6. The number of halogens is 1. The lowest BCUT2D eigenvalue weighted by molar-refractivity contribution is 0.0526. The lowest BCUT2D eigenvalue weighted by Gasteiger charge is -2.27. The van der Waals surface area contributed by atoms with Gasteiger partial charge >= 0.3 is 5.97 Å². The van der Waals surface area contributed by atoms with E-state index in [2.05, 4.69) is 4.90 Å². The molecule has 0 bridgehead atoms. The summed E-state index contributed by atoms with van der Waals surface area (Å²) >= 11 is 0. The van der Waals surface area contributed by atoms with E-state index < -0.39 is 0 Å².